The van der Waals surface area contributed by atoms with E-state index in [9.17, 15) is 9.90 Å². The molecule has 0 saturated heterocycles. The van der Waals surface area contributed by atoms with Gasteiger partial charge in [0.25, 0.3) is 0 Å². The number of hydrogen-bond acceptors (Lipinski definition) is 3. The lowest BCUT2D eigenvalue weighted by atomic mass is 10.0. The molecule has 23 heavy (non-hydrogen) atoms. The summed E-state index contributed by atoms with van der Waals surface area (Å²) in [4.78, 5) is 16.7. The zero-order valence-corrected chi connectivity index (χ0v) is 14.0. The number of nitrogens with one attached hydrogen (secondary N) is 1. The molecule has 0 fully saturated rings. The number of benzene rings is 1. The number of amides is 1. The lowest BCUT2D eigenvalue weighted by Gasteiger charge is -2.14. The number of fused-ring (bicyclic) bond motifs is 1. The van der Waals surface area contributed by atoms with E-state index < -0.39 is 6.10 Å². The number of aromatic nitrogens is 1. The molecular formula is C17H16Cl2N2O2. The van der Waals surface area contributed by atoms with Crippen molar-refractivity contribution in [2.75, 3.05) is 0 Å². The number of aliphatic hydroxyl groups excluding tert-OH is 1. The van der Waals surface area contributed by atoms with Crippen molar-refractivity contribution in [3.63, 3.8) is 0 Å². The minimum atomic E-state index is -0.692. The van der Waals surface area contributed by atoms with Crippen LogP contribution in [0.25, 0.3) is 0 Å². The summed E-state index contributed by atoms with van der Waals surface area (Å²) in [6, 6.07) is 7.09. The largest absolute Gasteiger partial charge is 0.387 e. The summed E-state index contributed by atoms with van der Waals surface area (Å²) in [5, 5.41) is 14.0. The summed E-state index contributed by atoms with van der Waals surface area (Å²) in [6.45, 7) is 2.22. The lowest BCUT2D eigenvalue weighted by Crippen LogP contribution is -2.28. The number of hydrogen-bond donors (Lipinski definition) is 2. The second-order valence-corrected chi connectivity index (χ2v) is 6.53. The van der Waals surface area contributed by atoms with Gasteiger partial charge in [-0.25, -0.2) is 0 Å². The fraction of sp³-hybridized carbons (Fsp3) is 0.294. The molecule has 1 heterocycles. The number of halogens is 2. The number of rotatable bonds is 3. The second-order valence-electron chi connectivity index (χ2n) is 5.68. The average Bonchev–Trinajstić information content (AvgIpc) is 2.84. The summed E-state index contributed by atoms with van der Waals surface area (Å²) in [6.07, 6.45) is 1.29. The third-order valence-corrected chi connectivity index (χ3v) is 4.72. The molecule has 6 heteroatoms. The smallest absolute Gasteiger partial charge is 0.227 e. The Morgan fingerprint density at radius 1 is 1.43 bits per heavy atom. The molecule has 3 rings (SSSR count). The normalized spacial score (nSPS) is 19.5. The molecule has 120 valence electrons. The van der Waals surface area contributed by atoms with Gasteiger partial charge in [-0.05, 0) is 48.2 Å². The minimum absolute atomic E-state index is 0.138. The Kier molecular flexibility index (Phi) is 4.57. The predicted octanol–water partition coefficient (Wildman–Crippen LogP) is 3.53. The lowest BCUT2D eigenvalue weighted by molar-refractivity contribution is -0.123. The number of pyridine rings is 1. The van der Waals surface area contributed by atoms with Gasteiger partial charge in [-0.2, -0.15) is 0 Å². The van der Waals surface area contributed by atoms with Gasteiger partial charge in [0.1, 0.15) is 0 Å². The number of aliphatic hydroxyl groups is 1. The SMILES string of the molecule is Cc1cc(Cl)cc(Cl)c1CNC(=O)C1CC(O)c2ncccc21. The van der Waals surface area contributed by atoms with Gasteiger partial charge in [0.2, 0.25) is 5.91 Å². The highest BCUT2D eigenvalue weighted by Gasteiger charge is 2.35. The minimum Gasteiger partial charge on any atom is -0.387 e. The van der Waals surface area contributed by atoms with Crippen LogP contribution >= 0.6 is 23.2 Å². The first-order chi connectivity index (χ1) is 11.0. The molecule has 4 nitrogen and oxygen atoms in total. The van der Waals surface area contributed by atoms with Gasteiger partial charge in [0.05, 0.1) is 17.7 Å². The van der Waals surface area contributed by atoms with E-state index in [1.54, 1.807) is 18.3 Å². The molecular weight excluding hydrogens is 335 g/mol. The first-order valence-corrected chi connectivity index (χ1v) is 8.08. The van der Waals surface area contributed by atoms with Crippen molar-refractivity contribution in [3.8, 4) is 0 Å². The van der Waals surface area contributed by atoms with Gasteiger partial charge in [-0.15, -0.1) is 0 Å². The Bertz CT molecular complexity index is 741. The highest BCUT2D eigenvalue weighted by Crippen LogP contribution is 2.38. The van der Waals surface area contributed by atoms with E-state index in [1.807, 2.05) is 19.1 Å². The fourth-order valence-corrected chi connectivity index (χ4v) is 3.63. The molecule has 1 amide bonds. The quantitative estimate of drug-likeness (QED) is 0.889. The van der Waals surface area contributed by atoms with E-state index in [0.717, 1.165) is 16.7 Å². The number of aryl methyl sites for hydroxylation is 1. The second kappa shape index (κ2) is 6.48. The zero-order valence-electron chi connectivity index (χ0n) is 12.5. The van der Waals surface area contributed by atoms with Crippen molar-refractivity contribution >= 4 is 29.1 Å². The molecule has 1 aliphatic rings. The standard InChI is InChI=1S/C17H16Cl2N2O2/c1-9-5-10(18)6-14(19)13(9)8-21-17(23)12-7-15(22)16-11(12)3-2-4-20-16/h2-6,12,15,22H,7-8H2,1H3,(H,21,23). The Morgan fingerprint density at radius 2 is 2.22 bits per heavy atom. The van der Waals surface area contributed by atoms with Gasteiger partial charge in [0, 0.05) is 22.8 Å². The van der Waals surface area contributed by atoms with Crippen molar-refractivity contribution in [2.45, 2.75) is 31.9 Å². The maximum absolute atomic E-state index is 12.5. The molecule has 0 aliphatic heterocycles. The van der Waals surface area contributed by atoms with E-state index in [4.69, 9.17) is 23.2 Å². The van der Waals surface area contributed by atoms with Crippen LogP contribution in [0.3, 0.4) is 0 Å². The first kappa shape index (κ1) is 16.2. The number of carbonyl (C=O) groups excluding carboxylic acids is 1. The van der Waals surface area contributed by atoms with Gasteiger partial charge < -0.3 is 10.4 Å². The van der Waals surface area contributed by atoms with E-state index >= 15 is 0 Å². The summed E-state index contributed by atoms with van der Waals surface area (Å²) < 4.78 is 0. The molecule has 1 aromatic carbocycles. The molecule has 2 aromatic rings. The highest BCUT2D eigenvalue weighted by atomic mass is 35.5. The molecule has 2 unspecified atom stereocenters. The van der Waals surface area contributed by atoms with Crippen LogP contribution < -0.4 is 5.32 Å². The summed E-state index contributed by atoms with van der Waals surface area (Å²) in [5.74, 6) is -0.527. The topological polar surface area (TPSA) is 62.2 Å². The molecule has 2 atom stereocenters. The Morgan fingerprint density at radius 3 is 2.96 bits per heavy atom. The van der Waals surface area contributed by atoms with Crippen molar-refractivity contribution in [2.24, 2.45) is 0 Å². The third-order valence-electron chi connectivity index (χ3n) is 4.16. The van der Waals surface area contributed by atoms with Crippen molar-refractivity contribution in [3.05, 3.63) is 62.9 Å². The number of nitrogens with zero attached hydrogens (tertiary/aromatic N) is 1. The maximum atomic E-state index is 12.5. The highest BCUT2D eigenvalue weighted by molar-refractivity contribution is 6.35. The molecule has 2 N–H and O–H groups in total. The van der Waals surface area contributed by atoms with Crippen LogP contribution in [-0.4, -0.2) is 16.0 Å². The van der Waals surface area contributed by atoms with Crippen LogP contribution in [0.4, 0.5) is 0 Å². The summed E-state index contributed by atoms with van der Waals surface area (Å²) >= 11 is 12.2. The molecule has 0 spiro atoms. The Balaban J connectivity index is 1.74. The van der Waals surface area contributed by atoms with E-state index in [2.05, 4.69) is 10.3 Å². The van der Waals surface area contributed by atoms with E-state index in [-0.39, 0.29) is 11.8 Å². The summed E-state index contributed by atoms with van der Waals surface area (Å²) in [7, 11) is 0. The Labute approximate surface area is 144 Å². The molecule has 0 saturated carbocycles. The van der Waals surface area contributed by atoms with Gasteiger partial charge in [-0.3, -0.25) is 9.78 Å². The predicted molar refractivity (Wildman–Crippen MR) is 89.6 cm³/mol. The number of carbonyl (C=O) groups is 1. The van der Waals surface area contributed by atoms with Crippen LogP contribution in [0.5, 0.6) is 0 Å². The van der Waals surface area contributed by atoms with E-state index in [1.165, 1.54) is 0 Å². The maximum Gasteiger partial charge on any atom is 0.227 e. The van der Waals surface area contributed by atoms with Gasteiger partial charge >= 0.3 is 0 Å². The average molecular weight is 351 g/mol. The van der Waals surface area contributed by atoms with Crippen molar-refractivity contribution in [1.29, 1.82) is 0 Å². The van der Waals surface area contributed by atoms with Crippen LogP contribution in [-0.2, 0) is 11.3 Å². The van der Waals surface area contributed by atoms with Crippen molar-refractivity contribution in [1.82, 2.24) is 10.3 Å². The fourth-order valence-electron chi connectivity index (χ4n) is 2.97. The van der Waals surface area contributed by atoms with Gasteiger partial charge in [0.15, 0.2) is 0 Å². The van der Waals surface area contributed by atoms with Gasteiger partial charge in [-0.1, -0.05) is 29.3 Å². The van der Waals surface area contributed by atoms with Crippen LogP contribution in [0.1, 0.15) is 40.8 Å². The van der Waals surface area contributed by atoms with Crippen LogP contribution in [0.15, 0.2) is 30.5 Å². The van der Waals surface area contributed by atoms with Crippen LogP contribution in [0, 0.1) is 6.92 Å². The third kappa shape index (κ3) is 3.20. The van der Waals surface area contributed by atoms with Crippen LogP contribution in [0.2, 0.25) is 10.0 Å². The van der Waals surface area contributed by atoms with E-state index in [0.29, 0.717) is 28.7 Å². The molecule has 0 radical (unpaired) electrons. The molecule has 1 aliphatic carbocycles. The molecule has 0 bridgehead atoms. The monoisotopic (exact) mass is 350 g/mol. The van der Waals surface area contributed by atoms with Crippen molar-refractivity contribution < 1.29 is 9.90 Å². The Hall–Kier alpha value is -1.62. The summed E-state index contributed by atoms with van der Waals surface area (Å²) in [5.41, 5.74) is 3.15. The molecule has 1 aromatic heterocycles. The first-order valence-electron chi connectivity index (χ1n) is 7.32. The zero-order chi connectivity index (χ0) is 16.6.